The molecule has 0 aliphatic rings. The zero-order valence-electron chi connectivity index (χ0n) is 23.2. The Balaban J connectivity index is 0.000000238. The Bertz CT molecular complexity index is 1900. The molecule has 0 saturated carbocycles. The molecule has 0 atom stereocenters. The van der Waals surface area contributed by atoms with Crippen LogP contribution >= 0.6 is 120 Å². The number of anilines is 1. The SMILES string of the molecule is O=C(Nc1ccccc1Cl)c1nc(C(Cl)(Cl)Cl)n(-c2ccccc2)n1.O=C(O)c1nc(C(Cl)(Cl)Cl)n(-c2ccccc2)n1.O=P(Cl)(Cl)Cl. The minimum Gasteiger partial charge on any atom is -0.475 e. The number of benzene rings is 3. The van der Waals surface area contributed by atoms with E-state index in [-0.39, 0.29) is 17.5 Å². The van der Waals surface area contributed by atoms with Gasteiger partial charge in [0.05, 0.1) is 22.1 Å². The van der Waals surface area contributed by atoms with Crippen LogP contribution in [0, 0.1) is 0 Å². The quantitative estimate of drug-likeness (QED) is 0.131. The van der Waals surface area contributed by atoms with Crippen molar-refractivity contribution >= 4 is 138 Å². The fraction of sp³-hybridized carbons (Fsp3) is 0.0769. The number of hydrogen-bond acceptors (Lipinski definition) is 7. The van der Waals surface area contributed by atoms with E-state index < -0.39 is 30.5 Å². The Morgan fingerprint density at radius 2 is 1.04 bits per heavy atom. The number of rotatable bonds is 5. The smallest absolute Gasteiger partial charge is 0.375 e. The van der Waals surface area contributed by atoms with Gasteiger partial charge in [0.15, 0.2) is 11.6 Å². The molecule has 0 fully saturated rings. The second-order valence-electron chi connectivity index (χ2n) is 8.65. The van der Waals surface area contributed by atoms with Crippen molar-refractivity contribution in [1.82, 2.24) is 29.5 Å². The lowest BCUT2D eigenvalue weighted by atomic mass is 10.3. The van der Waals surface area contributed by atoms with E-state index in [1.807, 2.05) is 6.07 Å². The summed E-state index contributed by atoms with van der Waals surface area (Å²) in [5, 5.41) is 16.6. The largest absolute Gasteiger partial charge is 0.475 e. The van der Waals surface area contributed by atoms with Crippen molar-refractivity contribution in [3.05, 3.63) is 113 Å². The van der Waals surface area contributed by atoms with Crippen LogP contribution in [-0.4, -0.2) is 46.5 Å². The molecule has 0 unspecified atom stereocenters. The monoisotopic (exact) mass is 871 g/mol. The van der Waals surface area contributed by atoms with Gasteiger partial charge in [-0.1, -0.05) is 130 Å². The average Bonchev–Trinajstić information content (AvgIpc) is 3.66. The van der Waals surface area contributed by atoms with Gasteiger partial charge in [-0.2, -0.15) is 0 Å². The number of alkyl halides is 6. The molecule has 48 heavy (non-hydrogen) atoms. The molecule has 254 valence electrons. The lowest BCUT2D eigenvalue weighted by Crippen LogP contribution is -2.14. The van der Waals surface area contributed by atoms with Gasteiger partial charge in [0.25, 0.3) is 11.7 Å². The van der Waals surface area contributed by atoms with Crippen molar-refractivity contribution in [3.63, 3.8) is 0 Å². The number of halogens is 10. The molecular formula is C26H16Cl10N7O4P. The third-order valence-corrected chi connectivity index (χ3v) is 6.58. The lowest BCUT2D eigenvalue weighted by molar-refractivity contribution is 0.0683. The number of para-hydroxylation sites is 3. The highest BCUT2D eigenvalue weighted by Gasteiger charge is 2.34. The minimum absolute atomic E-state index is 0.00742. The highest BCUT2D eigenvalue weighted by molar-refractivity contribution is 8.24. The van der Waals surface area contributed by atoms with E-state index in [9.17, 15) is 14.2 Å². The molecule has 2 aromatic heterocycles. The standard InChI is InChI=1S/C16H10Cl4N4O.C10H6Cl3N3O2.Cl3OP/c17-11-8-4-5-9-12(11)21-14(25)13-22-15(16(18,19)20)24(23-13)10-6-2-1-3-7-10;11-10(12,13)9-14-7(8(17)18)15-16(9)6-4-2-1-3-5-6;1-5(2,3)4/h1-9H,(H,21,25);1-5H,(H,17,18);. The zero-order chi connectivity index (χ0) is 35.9. The van der Waals surface area contributed by atoms with Crippen LogP contribution < -0.4 is 5.32 Å². The third kappa shape index (κ3) is 12.4. The molecule has 3 aromatic carbocycles. The molecule has 11 nitrogen and oxygen atoms in total. The fourth-order valence-corrected chi connectivity index (χ4v) is 4.33. The number of carbonyl (C=O) groups excluding carboxylic acids is 1. The highest BCUT2D eigenvalue weighted by atomic mass is 36.0. The van der Waals surface area contributed by atoms with Crippen molar-refractivity contribution in [1.29, 1.82) is 0 Å². The van der Waals surface area contributed by atoms with Crippen molar-refractivity contribution in [2.45, 2.75) is 7.59 Å². The number of amides is 1. The molecule has 2 heterocycles. The van der Waals surface area contributed by atoms with Crippen LogP contribution in [0.3, 0.4) is 0 Å². The molecule has 0 saturated heterocycles. The highest BCUT2D eigenvalue weighted by Crippen LogP contribution is 2.61. The van der Waals surface area contributed by atoms with Crippen molar-refractivity contribution in [2.24, 2.45) is 0 Å². The minimum atomic E-state index is -3.22. The predicted molar refractivity (Wildman–Crippen MR) is 193 cm³/mol. The maximum Gasteiger partial charge on any atom is 0.375 e. The van der Waals surface area contributed by atoms with E-state index in [4.69, 9.17) is 86.3 Å². The Morgan fingerprint density at radius 1 is 0.667 bits per heavy atom. The summed E-state index contributed by atoms with van der Waals surface area (Å²) in [6.07, 6.45) is 0. The average molecular weight is 876 g/mol. The maximum atomic E-state index is 12.5. The number of carboxylic acids is 1. The predicted octanol–water partition coefficient (Wildman–Crippen LogP) is 10.6. The van der Waals surface area contributed by atoms with Gasteiger partial charge in [-0.25, -0.2) is 24.1 Å². The number of aromatic carboxylic acids is 1. The Morgan fingerprint density at radius 3 is 1.44 bits per heavy atom. The summed E-state index contributed by atoms with van der Waals surface area (Å²) in [6, 6.07) is 24.4. The summed E-state index contributed by atoms with van der Waals surface area (Å²) in [6.45, 7) is 0. The molecule has 0 spiro atoms. The summed E-state index contributed by atoms with van der Waals surface area (Å²) in [4.78, 5) is 31.1. The first-order chi connectivity index (χ1) is 22.3. The van der Waals surface area contributed by atoms with Crippen molar-refractivity contribution in [3.8, 4) is 11.4 Å². The Hall–Kier alpha value is -1.99. The Labute approximate surface area is 321 Å². The molecule has 22 heteroatoms. The van der Waals surface area contributed by atoms with E-state index in [1.165, 1.54) is 9.36 Å². The van der Waals surface area contributed by atoms with Gasteiger partial charge >= 0.3 is 11.2 Å². The molecule has 0 aliphatic heterocycles. The number of hydrogen-bond donors (Lipinski definition) is 2. The molecule has 2 N–H and O–H groups in total. The number of carboxylic acid groups (broad SMARTS) is 1. The van der Waals surface area contributed by atoms with Crippen LogP contribution in [0.4, 0.5) is 5.69 Å². The van der Waals surface area contributed by atoms with Gasteiger partial charge in [-0.15, -0.1) is 10.2 Å². The zero-order valence-corrected chi connectivity index (χ0v) is 31.6. The van der Waals surface area contributed by atoms with Crippen LogP contribution in [0.1, 0.15) is 32.9 Å². The normalized spacial score (nSPS) is 11.5. The van der Waals surface area contributed by atoms with Gasteiger partial charge in [0.2, 0.25) is 13.4 Å². The maximum absolute atomic E-state index is 12.5. The van der Waals surface area contributed by atoms with Crippen molar-refractivity contribution in [2.75, 3.05) is 5.32 Å². The topological polar surface area (TPSA) is 145 Å². The molecule has 5 rings (SSSR count). The second-order valence-corrected chi connectivity index (χ2v) is 20.3. The number of nitrogens with one attached hydrogen (secondary N) is 1. The summed E-state index contributed by atoms with van der Waals surface area (Å²) in [5.41, 5.74) is 1.59. The van der Waals surface area contributed by atoms with Crippen LogP contribution in [-0.2, 0) is 12.2 Å². The summed E-state index contributed by atoms with van der Waals surface area (Å²) >= 11 is 55.0. The molecule has 0 bridgehead atoms. The first-order valence-corrected chi connectivity index (χ1v) is 19.5. The van der Waals surface area contributed by atoms with Gasteiger partial charge < -0.3 is 10.4 Å². The third-order valence-electron chi connectivity index (χ3n) is 5.24. The second kappa shape index (κ2) is 17.3. The number of aromatic nitrogens is 6. The van der Waals surface area contributed by atoms with E-state index in [1.54, 1.807) is 78.9 Å². The summed E-state index contributed by atoms with van der Waals surface area (Å²) in [5.74, 6) is -2.51. The van der Waals surface area contributed by atoms with E-state index >= 15 is 0 Å². The summed E-state index contributed by atoms with van der Waals surface area (Å²) < 4.78 is 8.30. The van der Waals surface area contributed by atoms with Gasteiger partial charge in [0.1, 0.15) is 0 Å². The van der Waals surface area contributed by atoms with Crippen LogP contribution in [0.25, 0.3) is 11.4 Å². The molecule has 0 radical (unpaired) electrons. The number of carbonyl (C=O) groups is 2. The lowest BCUT2D eigenvalue weighted by Gasteiger charge is -2.11. The molecule has 5 aromatic rings. The van der Waals surface area contributed by atoms with Crippen LogP contribution in [0.2, 0.25) is 5.02 Å². The summed E-state index contributed by atoms with van der Waals surface area (Å²) in [7, 11) is 0. The molecule has 1 amide bonds. The fourth-order valence-electron chi connectivity index (χ4n) is 3.42. The van der Waals surface area contributed by atoms with Crippen LogP contribution in [0.5, 0.6) is 0 Å². The molecule has 0 aliphatic carbocycles. The van der Waals surface area contributed by atoms with E-state index in [0.717, 1.165) is 0 Å². The van der Waals surface area contributed by atoms with Gasteiger partial charge in [-0.05, 0) is 70.1 Å². The van der Waals surface area contributed by atoms with Crippen LogP contribution in [0.15, 0.2) is 84.9 Å². The van der Waals surface area contributed by atoms with Gasteiger partial charge in [-0.3, -0.25) is 9.36 Å². The Kier molecular flexibility index (Phi) is 14.6. The first kappa shape index (κ1) is 40.4. The van der Waals surface area contributed by atoms with E-state index in [2.05, 4.69) is 59.2 Å². The number of nitrogens with zero attached hydrogens (tertiary/aromatic N) is 6. The van der Waals surface area contributed by atoms with Gasteiger partial charge in [0, 0.05) is 0 Å². The molecular weight excluding hydrogens is 860 g/mol. The first-order valence-electron chi connectivity index (χ1n) is 12.4. The van der Waals surface area contributed by atoms with Crippen molar-refractivity contribution < 1.29 is 19.3 Å². The van der Waals surface area contributed by atoms with E-state index in [0.29, 0.717) is 22.1 Å².